The van der Waals surface area contributed by atoms with Gasteiger partial charge < -0.3 is 10.1 Å². The Morgan fingerprint density at radius 1 is 1.41 bits per heavy atom. The van der Waals surface area contributed by atoms with Crippen LogP contribution in [0.5, 0.6) is 0 Å². The Labute approximate surface area is 160 Å². The van der Waals surface area contributed by atoms with E-state index in [0.717, 1.165) is 24.1 Å². The van der Waals surface area contributed by atoms with Crippen molar-refractivity contribution in [3.05, 3.63) is 67.2 Å². The van der Waals surface area contributed by atoms with Crippen molar-refractivity contribution in [2.45, 2.75) is 45.2 Å². The number of rotatable bonds is 11. The van der Waals surface area contributed by atoms with Crippen molar-refractivity contribution >= 4 is 5.97 Å². The van der Waals surface area contributed by atoms with Crippen LogP contribution in [-0.4, -0.2) is 32.3 Å². The number of aromatic nitrogens is 4. The van der Waals surface area contributed by atoms with Gasteiger partial charge in [-0.05, 0) is 37.3 Å². The minimum Gasteiger partial charge on any atom is -0.465 e. The molecule has 0 aliphatic rings. The summed E-state index contributed by atoms with van der Waals surface area (Å²) in [5.41, 5.74) is 2.55. The van der Waals surface area contributed by atoms with Gasteiger partial charge in [-0.25, -0.2) is 14.6 Å². The molecule has 27 heavy (non-hydrogen) atoms. The Bertz CT molecular complexity index is 771. The first kappa shape index (κ1) is 20.4. The fraction of sp³-hybridized carbons (Fsp3) is 0.400. The standard InChI is InChI=1S/C20H27N5O2/c1-5-9-15-13-21-14-23-19(15)17(20(26)27-8-4)12-16-10-11-24-25(16)18(6-2)22-7-3/h6-7,10-11,13-14,17-18,22H,2-3,5,8-9,12H2,1,4H3. The van der Waals surface area contributed by atoms with Gasteiger partial charge in [0.25, 0.3) is 0 Å². The van der Waals surface area contributed by atoms with Gasteiger partial charge in [0.2, 0.25) is 0 Å². The maximum absolute atomic E-state index is 12.7. The zero-order valence-electron chi connectivity index (χ0n) is 16.0. The van der Waals surface area contributed by atoms with E-state index in [9.17, 15) is 4.79 Å². The third-order valence-corrected chi connectivity index (χ3v) is 4.18. The average molecular weight is 369 g/mol. The molecule has 0 spiro atoms. The summed E-state index contributed by atoms with van der Waals surface area (Å²) in [6.07, 6.45) is 10.2. The monoisotopic (exact) mass is 369 g/mol. The largest absolute Gasteiger partial charge is 0.465 e. The quantitative estimate of drug-likeness (QED) is 0.484. The van der Waals surface area contributed by atoms with Crippen LogP contribution in [0.25, 0.3) is 0 Å². The van der Waals surface area contributed by atoms with Crippen molar-refractivity contribution in [1.82, 2.24) is 25.1 Å². The molecule has 0 aliphatic carbocycles. The summed E-state index contributed by atoms with van der Waals surface area (Å²) in [7, 11) is 0. The molecule has 7 nitrogen and oxygen atoms in total. The average Bonchev–Trinajstić information content (AvgIpc) is 3.13. The van der Waals surface area contributed by atoms with E-state index in [1.54, 1.807) is 36.3 Å². The first-order valence-electron chi connectivity index (χ1n) is 9.13. The first-order chi connectivity index (χ1) is 13.2. The number of hydrogen-bond acceptors (Lipinski definition) is 6. The lowest BCUT2D eigenvalue weighted by atomic mass is 9.94. The van der Waals surface area contributed by atoms with Gasteiger partial charge in [0, 0.05) is 24.5 Å². The minimum atomic E-state index is -0.529. The number of nitrogens with one attached hydrogen (secondary N) is 1. The van der Waals surface area contributed by atoms with Crippen molar-refractivity contribution in [1.29, 1.82) is 0 Å². The van der Waals surface area contributed by atoms with Crippen LogP contribution in [0.1, 0.15) is 49.3 Å². The molecular formula is C20H27N5O2. The first-order valence-corrected chi connectivity index (χ1v) is 9.13. The van der Waals surface area contributed by atoms with Gasteiger partial charge in [0.1, 0.15) is 18.4 Å². The zero-order valence-corrected chi connectivity index (χ0v) is 16.0. The summed E-state index contributed by atoms with van der Waals surface area (Å²) in [5.74, 6) is -0.827. The Kier molecular flexibility index (Phi) is 7.73. The molecule has 0 aliphatic heterocycles. The fourth-order valence-corrected chi connectivity index (χ4v) is 3.00. The van der Waals surface area contributed by atoms with E-state index < -0.39 is 5.92 Å². The van der Waals surface area contributed by atoms with Gasteiger partial charge in [0.15, 0.2) is 0 Å². The summed E-state index contributed by atoms with van der Waals surface area (Å²) in [6, 6.07) is 1.88. The number of nitrogens with zero attached hydrogens (tertiary/aromatic N) is 4. The van der Waals surface area contributed by atoms with Crippen LogP contribution in [0.2, 0.25) is 0 Å². The molecule has 144 valence electrons. The third-order valence-electron chi connectivity index (χ3n) is 4.18. The van der Waals surface area contributed by atoms with Crippen molar-refractivity contribution in [3.63, 3.8) is 0 Å². The maximum Gasteiger partial charge on any atom is 0.315 e. The Balaban J connectivity index is 2.41. The Morgan fingerprint density at radius 2 is 2.22 bits per heavy atom. The maximum atomic E-state index is 12.7. The molecule has 2 aromatic rings. The van der Waals surface area contributed by atoms with Crippen molar-refractivity contribution in [2.75, 3.05) is 6.61 Å². The molecule has 0 radical (unpaired) electrons. The van der Waals surface area contributed by atoms with Gasteiger partial charge in [-0.2, -0.15) is 5.10 Å². The van der Waals surface area contributed by atoms with E-state index in [1.807, 2.05) is 6.07 Å². The second kappa shape index (κ2) is 10.3. The van der Waals surface area contributed by atoms with E-state index in [1.165, 1.54) is 6.33 Å². The summed E-state index contributed by atoms with van der Waals surface area (Å²) in [6.45, 7) is 11.7. The van der Waals surface area contributed by atoms with Gasteiger partial charge in [0.05, 0.1) is 12.3 Å². The van der Waals surface area contributed by atoms with Crippen LogP contribution >= 0.6 is 0 Å². The highest BCUT2D eigenvalue weighted by molar-refractivity contribution is 5.78. The molecule has 1 N–H and O–H groups in total. The van der Waals surface area contributed by atoms with Crippen molar-refractivity contribution in [2.24, 2.45) is 0 Å². The van der Waals surface area contributed by atoms with Crippen LogP contribution in [0.3, 0.4) is 0 Å². The Morgan fingerprint density at radius 3 is 2.89 bits per heavy atom. The number of carbonyl (C=O) groups excluding carboxylic acids is 1. The summed E-state index contributed by atoms with van der Waals surface area (Å²) < 4.78 is 7.11. The molecule has 2 rings (SSSR count). The van der Waals surface area contributed by atoms with Crippen LogP contribution in [0.15, 0.2) is 50.2 Å². The van der Waals surface area contributed by atoms with Crippen LogP contribution in [0.4, 0.5) is 0 Å². The normalized spacial score (nSPS) is 12.8. The summed E-state index contributed by atoms with van der Waals surface area (Å²) in [4.78, 5) is 21.3. The fourth-order valence-electron chi connectivity index (χ4n) is 3.00. The smallest absolute Gasteiger partial charge is 0.315 e. The molecule has 2 aromatic heterocycles. The van der Waals surface area contributed by atoms with Crippen molar-refractivity contribution in [3.8, 4) is 0 Å². The number of ether oxygens (including phenoxy) is 1. The van der Waals surface area contributed by atoms with Gasteiger partial charge in [-0.1, -0.05) is 26.5 Å². The highest BCUT2D eigenvalue weighted by atomic mass is 16.5. The molecule has 0 saturated heterocycles. The van der Waals surface area contributed by atoms with E-state index in [-0.39, 0.29) is 12.1 Å². The second-order valence-corrected chi connectivity index (χ2v) is 6.01. The number of hydrogen-bond donors (Lipinski definition) is 1. The molecular weight excluding hydrogens is 342 g/mol. The molecule has 2 atom stereocenters. The number of aryl methyl sites for hydroxylation is 1. The lowest BCUT2D eigenvalue weighted by molar-refractivity contribution is -0.145. The van der Waals surface area contributed by atoms with Crippen LogP contribution in [-0.2, 0) is 22.4 Å². The van der Waals surface area contributed by atoms with Gasteiger partial charge in [-0.15, -0.1) is 0 Å². The highest BCUT2D eigenvalue weighted by Gasteiger charge is 2.28. The number of carbonyl (C=O) groups is 1. The SMILES string of the molecule is C=CNC(C=C)n1nccc1CC(C(=O)OCC)c1ncncc1CCC. The van der Waals surface area contributed by atoms with E-state index >= 15 is 0 Å². The highest BCUT2D eigenvalue weighted by Crippen LogP contribution is 2.25. The third kappa shape index (κ3) is 5.03. The molecule has 0 fully saturated rings. The second-order valence-electron chi connectivity index (χ2n) is 6.01. The molecule has 0 bridgehead atoms. The Hall–Kier alpha value is -2.96. The van der Waals surface area contributed by atoms with E-state index in [2.05, 4.69) is 40.5 Å². The van der Waals surface area contributed by atoms with E-state index in [4.69, 9.17) is 4.74 Å². The summed E-state index contributed by atoms with van der Waals surface area (Å²) >= 11 is 0. The predicted octanol–water partition coefficient (Wildman–Crippen LogP) is 2.93. The molecule has 0 amide bonds. The predicted molar refractivity (Wildman–Crippen MR) is 104 cm³/mol. The lowest BCUT2D eigenvalue weighted by Crippen LogP contribution is -2.26. The van der Waals surface area contributed by atoms with Crippen molar-refractivity contribution < 1.29 is 9.53 Å². The number of esters is 1. The molecule has 0 saturated carbocycles. The molecule has 2 unspecified atom stereocenters. The topological polar surface area (TPSA) is 81.9 Å². The van der Waals surface area contributed by atoms with Crippen LogP contribution in [0, 0.1) is 0 Å². The van der Waals surface area contributed by atoms with Gasteiger partial charge in [-0.3, -0.25) is 4.79 Å². The lowest BCUT2D eigenvalue weighted by Gasteiger charge is -2.21. The molecule has 0 aromatic carbocycles. The molecule has 7 heteroatoms. The molecule has 2 heterocycles. The zero-order chi connectivity index (χ0) is 19.6. The summed E-state index contributed by atoms with van der Waals surface area (Å²) in [5, 5.41) is 7.45. The minimum absolute atomic E-state index is 0.254. The van der Waals surface area contributed by atoms with E-state index in [0.29, 0.717) is 18.7 Å². The van der Waals surface area contributed by atoms with Gasteiger partial charge >= 0.3 is 5.97 Å². The van der Waals surface area contributed by atoms with Crippen LogP contribution < -0.4 is 5.32 Å².